The van der Waals surface area contributed by atoms with Gasteiger partial charge in [0.15, 0.2) is 0 Å². The largest absolute Gasteiger partial charge is 0.491 e. The summed E-state index contributed by atoms with van der Waals surface area (Å²) < 4.78 is 12.3. The summed E-state index contributed by atoms with van der Waals surface area (Å²) in [7, 11) is 0. The van der Waals surface area contributed by atoms with Crippen molar-refractivity contribution in [2.45, 2.75) is 49.0 Å². The molecule has 1 spiro atoms. The highest BCUT2D eigenvalue weighted by molar-refractivity contribution is 6.24. The van der Waals surface area contributed by atoms with Gasteiger partial charge in [0.05, 0.1) is 42.9 Å². The fourth-order valence-corrected chi connectivity index (χ4v) is 9.25. The molecule has 0 aromatic heterocycles. The first kappa shape index (κ1) is 40.0. The normalized spacial score (nSPS) is 23.5. The number of carbonyl (C=O) groups is 4. The van der Waals surface area contributed by atoms with Crippen LogP contribution in [0.15, 0.2) is 133 Å². The van der Waals surface area contributed by atoms with Gasteiger partial charge in [-0.05, 0) is 65.1 Å². The molecule has 8 rings (SSSR count). The van der Waals surface area contributed by atoms with Crippen molar-refractivity contribution in [2.24, 2.45) is 11.7 Å². The van der Waals surface area contributed by atoms with Gasteiger partial charge >= 0.3 is 12.0 Å². The number of cyclic esters (lactones) is 1. The molecule has 3 aliphatic heterocycles. The molecule has 5 aromatic carbocycles. The standard InChI is InChI=1S/C48H44N4O8/c1-30(32-15-5-2-6-16-32)50-47(58)51-38-24-23-31(14-11-12-25-53)28-37(38)48(46(51)57)39(44(49)55)41-45(56)60-42(34-19-9-4-10-20-34)40(33-17-7-3-8-18-33)52(41)43(48)35-21-13-22-36(29-35)59-27-26-54/h2-10,13,15-24,28-30,39-43,53-54H,12,25-27H2,1H3,(H2,49,55)(H,50,58)/t30-,39-,40-,41-,42+,43+,48-/m1/s1. The summed E-state index contributed by atoms with van der Waals surface area (Å²) in [6.07, 6.45) is -0.725. The quantitative estimate of drug-likeness (QED) is 0.106. The maximum absolute atomic E-state index is 16.1. The molecule has 5 N–H and O–H groups in total. The van der Waals surface area contributed by atoms with E-state index in [9.17, 15) is 24.6 Å². The third-order valence-electron chi connectivity index (χ3n) is 11.6. The zero-order chi connectivity index (χ0) is 42.0. The first-order valence-corrected chi connectivity index (χ1v) is 19.9. The molecule has 2 saturated heterocycles. The van der Waals surface area contributed by atoms with E-state index in [0.29, 0.717) is 22.4 Å². The Labute approximate surface area is 347 Å². The summed E-state index contributed by atoms with van der Waals surface area (Å²) in [5.74, 6) is 2.31. The van der Waals surface area contributed by atoms with Gasteiger partial charge in [0.25, 0.3) is 0 Å². The number of esters is 1. The molecule has 60 heavy (non-hydrogen) atoms. The number of nitrogens with two attached hydrogens (primary N) is 1. The van der Waals surface area contributed by atoms with Crippen molar-refractivity contribution in [1.82, 2.24) is 10.2 Å². The summed E-state index contributed by atoms with van der Waals surface area (Å²) >= 11 is 0. The first-order chi connectivity index (χ1) is 29.2. The maximum atomic E-state index is 16.1. The van der Waals surface area contributed by atoms with Crippen LogP contribution in [-0.4, -0.2) is 64.8 Å². The van der Waals surface area contributed by atoms with Crippen molar-refractivity contribution >= 4 is 29.5 Å². The number of ether oxygens (including phenoxy) is 2. The van der Waals surface area contributed by atoms with Gasteiger partial charge < -0.3 is 30.7 Å². The Morgan fingerprint density at radius 2 is 1.50 bits per heavy atom. The van der Waals surface area contributed by atoms with Crippen molar-refractivity contribution in [3.63, 3.8) is 0 Å². The summed E-state index contributed by atoms with van der Waals surface area (Å²) in [6.45, 7) is 1.36. The Bertz CT molecular complexity index is 2470. The smallest absolute Gasteiger partial charge is 0.329 e. The number of anilines is 1. The molecule has 3 aliphatic rings. The number of hydrogen-bond acceptors (Lipinski definition) is 9. The first-order valence-electron chi connectivity index (χ1n) is 19.9. The highest BCUT2D eigenvalue weighted by Gasteiger charge is 2.75. The van der Waals surface area contributed by atoms with E-state index in [0.717, 1.165) is 16.0 Å². The number of nitrogens with one attached hydrogen (secondary N) is 1. The number of nitrogens with zero attached hydrogens (tertiary/aromatic N) is 2. The van der Waals surface area contributed by atoms with Crippen LogP contribution in [0, 0.1) is 17.8 Å². The Balaban J connectivity index is 1.42. The van der Waals surface area contributed by atoms with Gasteiger partial charge in [-0.15, -0.1) is 0 Å². The molecule has 0 radical (unpaired) electrons. The minimum atomic E-state index is -2.03. The lowest BCUT2D eigenvalue weighted by molar-refractivity contribution is -0.178. The molecule has 3 heterocycles. The van der Waals surface area contributed by atoms with Crippen LogP contribution < -0.4 is 20.7 Å². The van der Waals surface area contributed by atoms with Gasteiger partial charge in [0.1, 0.15) is 29.9 Å². The van der Waals surface area contributed by atoms with Crippen molar-refractivity contribution in [3.05, 3.63) is 167 Å². The minimum Gasteiger partial charge on any atom is -0.491 e. The summed E-state index contributed by atoms with van der Waals surface area (Å²) in [5, 5.41) is 22.2. The van der Waals surface area contributed by atoms with E-state index >= 15 is 4.79 Å². The van der Waals surface area contributed by atoms with Crippen molar-refractivity contribution in [1.29, 1.82) is 0 Å². The number of fused-ring (bicyclic) bond motifs is 3. The molecule has 2 fully saturated rings. The van der Waals surface area contributed by atoms with Crippen LogP contribution in [0.4, 0.5) is 10.5 Å². The molecule has 4 amide bonds. The average molecular weight is 805 g/mol. The number of carbonyl (C=O) groups excluding carboxylic acids is 4. The zero-order valence-corrected chi connectivity index (χ0v) is 32.8. The summed E-state index contributed by atoms with van der Waals surface area (Å²) in [5.41, 5.74) is 8.06. The molecule has 304 valence electrons. The van der Waals surface area contributed by atoms with Gasteiger partial charge in [-0.2, -0.15) is 0 Å². The van der Waals surface area contributed by atoms with E-state index in [-0.39, 0.29) is 37.5 Å². The molecule has 0 bridgehead atoms. The Morgan fingerprint density at radius 3 is 2.17 bits per heavy atom. The summed E-state index contributed by atoms with van der Waals surface area (Å²) in [6, 6.07) is 35.3. The van der Waals surface area contributed by atoms with Gasteiger partial charge in [-0.25, -0.2) is 9.69 Å². The molecule has 12 heteroatoms. The van der Waals surface area contributed by atoms with E-state index in [2.05, 4.69) is 17.2 Å². The highest BCUT2D eigenvalue weighted by atomic mass is 16.6. The van der Waals surface area contributed by atoms with Crippen LogP contribution in [0.25, 0.3) is 0 Å². The van der Waals surface area contributed by atoms with Crippen LogP contribution in [0.5, 0.6) is 5.75 Å². The predicted octanol–water partition coefficient (Wildman–Crippen LogP) is 5.41. The number of rotatable bonds is 10. The second-order valence-electron chi connectivity index (χ2n) is 15.0. The van der Waals surface area contributed by atoms with Gasteiger partial charge in [0, 0.05) is 12.0 Å². The highest BCUT2D eigenvalue weighted by Crippen LogP contribution is 2.66. The summed E-state index contributed by atoms with van der Waals surface area (Å²) in [4.78, 5) is 63.0. The van der Waals surface area contributed by atoms with Crippen molar-refractivity contribution in [2.75, 3.05) is 24.7 Å². The lowest BCUT2D eigenvalue weighted by atomic mass is 9.65. The van der Waals surface area contributed by atoms with E-state index < -0.39 is 65.4 Å². The van der Waals surface area contributed by atoms with Gasteiger partial charge in [-0.1, -0.05) is 115 Å². The predicted molar refractivity (Wildman–Crippen MR) is 222 cm³/mol. The molecule has 12 nitrogen and oxygen atoms in total. The number of aliphatic hydroxyl groups is 2. The second-order valence-corrected chi connectivity index (χ2v) is 15.0. The average Bonchev–Trinajstić information content (AvgIpc) is 3.73. The number of imide groups is 1. The molecule has 0 saturated carbocycles. The number of aliphatic hydroxyl groups excluding tert-OH is 2. The van der Waals surface area contributed by atoms with E-state index in [1.807, 2.05) is 95.9 Å². The van der Waals surface area contributed by atoms with Crippen LogP contribution in [-0.2, 0) is 24.5 Å². The molecule has 0 aliphatic carbocycles. The third-order valence-corrected chi connectivity index (χ3v) is 11.6. The van der Waals surface area contributed by atoms with E-state index in [1.165, 1.54) is 0 Å². The topological polar surface area (TPSA) is 172 Å². The van der Waals surface area contributed by atoms with Crippen LogP contribution >= 0.6 is 0 Å². The Hall–Kier alpha value is -6.78. The molecular formula is C48H44N4O8. The molecular weight excluding hydrogens is 761 g/mol. The van der Waals surface area contributed by atoms with Gasteiger partial charge in [-0.3, -0.25) is 19.3 Å². The number of primary amides is 1. The number of benzene rings is 5. The number of morpholine rings is 1. The third kappa shape index (κ3) is 6.86. The number of hydrogen-bond donors (Lipinski definition) is 4. The number of urea groups is 1. The van der Waals surface area contributed by atoms with Crippen LogP contribution in [0.1, 0.15) is 71.0 Å². The lowest BCUT2D eigenvalue weighted by Crippen LogP contribution is -2.55. The van der Waals surface area contributed by atoms with Crippen molar-refractivity contribution in [3.8, 4) is 17.6 Å². The monoisotopic (exact) mass is 804 g/mol. The van der Waals surface area contributed by atoms with Crippen LogP contribution in [0.2, 0.25) is 0 Å². The van der Waals surface area contributed by atoms with Crippen molar-refractivity contribution < 1.29 is 38.9 Å². The molecule has 7 atom stereocenters. The number of amides is 4. The van der Waals surface area contributed by atoms with Crippen LogP contribution in [0.3, 0.4) is 0 Å². The lowest BCUT2D eigenvalue weighted by Gasteiger charge is -2.46. The SMILES string of the molecule is C[C@@H](NC(=O)N1C(=O)[C@@]2(c3cc(C#CCCO)ccc31)[C@H](c1cccc(OCCO)c1)N1[C@H](c3ccccc3)[C@H](c3ccccc3)OC(=O)[C@H]1[C@@H]2C(N)=O)c1ccccc1. The Kier molecular flexibility index (Phi) is 11.2. The fourth-order valence-electron chi connectivity index (χ4n) is 9.25. The van der Waals surface area contributed by atoms with E-state index in [1.54, 1.807) is 49.4 Å². The minimum absolute atomic E-state index is 0.0181. The molecule has 5 aromatic rings. The second kappa shape index (κ2) is 16.8. The fraction of sp³-hybridized carbons (Fsp3) is 0.250. The van der Waals surface area contributed by atoms with E-state index in [4.69, 9.17) is 15.2 Å². The maximum Gasteiger partial charge on any atom is 0.329 e. The molecule has 0 unspecified atom stereocenters. The zero-order valence-electron chi connectivity index (χ0n) is 32.8. The Morgan fingerprint density at radius 1 is 0.833 bits per heavy atom. The van der Waals surface area contributed by atoms with Gasteiger partial charge in [0.2, 0.25) is 11.8 Å².